The molecule has 3 nitrogen and oxygen atoms in total. The second kappa shape index (κ2) is 5.04. The zero-order chi connectivity index (χ0) is 12.4. The lowest BCUT2D eigenvalue weighted by Gasteiger charge is -2.16. The van der Waals surface area contributed by atoms with E-state index in [2.05, 4.69) is 41.5 Å². The first kappa shape index (κ1) is 11.6. The molecule has 1 unspecified atom stereocenters. The van der Waals surface area contributed by atoms with Crippen LogP contribution in [0.4, 0.5) is 0 Å². The first-order valence-corrected chi connectivity index (χ1v) is 6.51. The molecular formula is C15H18N2O. The van der Waals surface area contributed by atoms with E-state index in [1.165, 1.54) is 16.5 Å². The first-order valence-electron chi connectivity index (χ1n) is 6.51. The Morgan fingerprint density at radius 2 is 2.33 bits per heavy atom. The molecule has 18 heavy (non-hydrogen) atoms. The summed E-state index contributed by atoms with van der Waals surface area (Å²) in [6, 6.07) is 8.80. The highest BCUT2D eigenvalue weighted by Gasteiger charge is 2.14. The molecule has 0 aliphatic carbocycles. The number of pyridine rings is 1. The standard InChI is InChI=1S/C15H18N2O/c1-11-4-2-5-12-8-13(9-17-15(11)12)14-10-18-7-3-6-16-14/h2,4-5,8-9,14,16H,3,6-7,10H2,1H3. The number of fused-ring (bicyclic) bond motifs is 1. The topological polar surface area (TPSA) is 34.1 Å². The fraction of sp³-hybridized carbons (Fsp3) is 0.400. The molecule has 1 atom stereocenters. The number of aryl methyl sites for hydroxylation is 1. The van der Waals surface area contributed by atoms with Gasteiger partial charge in [0.2, 0.25) is 0 Å². The van der Waals surface area contributed by atoms with Gasteiger partial charge >= 0.3 is 0 Å². The number of nitrogens with zero attached hydrogens (tertiary/aromatic N) is 1. The molecule has 1 aromatic heterocycles. The summed E-state index contributed by atoms with van der Waals surface area (Å²) in [6.07, 6.45) is 3.05. The third-order valence-corrected chi connectivity index (χ3v) is 3.48. The van der Waals surface area contributed by atoms with E-state index in [9.17, 15) is 0 Å². The molecule has 94 valence electrons. The molecule has 0 radical (unpaired) electrons. The summed E-state index contributed by atoms with van der Waals surface area (Å²) >= 11 is 0. The van der Waals surface area contributed by atoms with Gasteiger partial charge in [0.25, 0.3) is 0 Å². The molecular weight excluding hydrogens is 224 g/mol. The van der Waals surface area contributed by atoms with Crippen LogP contribution in [0, 0.1) is 6.92 Å². The maximum Gasteiger partial charge on any atom is 0.0731 e. The largest absolute Gasteiger partial charge is 0.379 e. The summed E-state index contributed by atoms with van der Waals surface area (Å²) in [7, 11) is 0. The van der Waals surface area contributed by atoms with Gasteiger partial charge in [-0.05, 0) is 37.1 Å². The van der Waals surface area contributed by atoms with Gasteiger partial charge in [0, 0.05) is 18.2 Å². The van der Waals surface area contributed by atoms with Crippen molar-refractivity contribution in [1.29, 1.82) is 0 Å². The normalized spacial score (nSPS) is 20.8. The highest BCUT2D eigenvalue weighted by Crippen LogP contribution is 2.21. The van der Waals surface area contributed by atoms with Gasteiger partial charge in [-0.2, -0.15) is 0 Å². The highest BCUT2D eigenvalue weighted by atomic mass is 16.5. The lowest BCUT2D eigenvalue weighted by molar-refractivity contribution is 0.131. The molecule has 1 aliphatic heterocycles. The van der Waals surface area contributed by atoms with Crippen molar-refractivity contribution < 1.29 is 4.74 Å². The van der Waals surface area contributed by atoms with E-state index in [0.29, 0.717) is 0 Å². The van der Waals surface area contributed by atoms with Crippen molar-refractivity contribution in [2.45, 2.75) is 19.4 Å². The van der Waals surface area contributed by atoms with Crippen molar-refractivity contribution in [3.05, 3.63) is 41.6 Å². The molecule has 2 heterocycles. The van der Waals surface area contributed by atoms with Gasteiger partial charge < -0.3 is 10.1 Å². The van der Waals surface area contributed by atoms with Gasteiger partial charge in [-0.3, -0.25) is 4.98 Å². The Hall–Kier alpha value is -1.45. The Morgan fingerprint density at radius 3 is 3.28 bits per heavy atom. The van der Waals surface area contributed by atoms with Crippen LogP contribution >= 0.6 is 0 Å². The highest BCUT2D eigenvalue weighted by molar-refractivity contribution is 5.82. The van der Waals surface area contributed by atoms with Gasteiger partial charge in [0.15, 0.2) is 0 Å². The molecule has 2 aromatic rings. The third-order valence-electron chi connectivity index (χ3n) is 3.48. The zero-order valence-corrected chi connectivity index (χ0v) is 10.6. The number of para-hydroxylation sites is 1. The lowest BCUT2D eigenvalue weighted by Crippen LogP contribution is -2.23. The minimum Gasteiger partial charge on any atom is -0.379 e. The average Bonchev–Trinajstić information content (AvgIpc) is 2.67. The van der Waals surface area contributed by atoms with Crippen molar-refractivity contribution in [2.75, 3.05) is 19.8 Å². The summed E-state index contributed by atoms with van der Waals surface area (Å²) < 4.78 is 5.61. The Kier molecular flexibility index (Phi) is 3.26. The second-order valence-electron chi connectivity index (χ2n) is 4.85. The van der Waals surface area contributed by atoms with E-state index in [4.69, 9.17) is 4.74 Å². The molecule has 0 bridgehead atoms. The molecule has 3 heteroatoms. The van der Waals surface area contributed by atoms with Crippen molar-refractivity contribution in [3.63, 3.8) is 0 Å². The Morgan fingerprint density at radius 1 is 1.39 bits per heavy atom. The fourth-order valence-electron chi connectivity index (χ4n) is 2.45. The van der Waals surface area contributed by atoms with Crippen LogP contribution in [-0.4, -0.2) is 24.7 Å². The van der Waals surface area contributed by atoms with Crippen molar-refractivity contribution in [2.24, 2.45) is 0 Å². The summed E-state index contributed by atoms with van der Waals surface area (Å²) in [5.41, 5.74) is 3.54. The molecule has 3 rings (SSSR count). The van der Waals surface area contributed by atoms with Crippen LogP contribution in [0.3, 0.4) is 0 Å². The number of hydrogen-bond donors (Lipinski definition) is 1. The Balaban J connectivity index is 1.97. The summed E-state index contributed by atoms with van der Waals surface area (Å²) in [5.74, 6) is 0. The van der Waals surface area contributed by atoms with E-state index in [0.717, 1.165) is 31.7 Å². The van der Waals surface area contributed by atoms with Crippen molar-refractivity contribution >= 4 is 10.9 Å². The van der Waals surface area contributed by atoms with Gasteiger partial charge in [0.05, 0.1) is 18.2 Å². The Bertz CT molecular complexity index is 545. The number of ether oxygens (including phenoxy) is 1. The predicted octanol–water partition coefficient (Wildman–Crippen LogP) is 2.59. The zero-order valence-electron chi connectivity index (χ0n) is 10.6. The first-order chi connectivity index (χ1) is 8.84. The summed E-state index contributed by atoms with van der Waals surface area (Å²) in [4.78, 5) is 4.59. The van der Waals surface area contributed by atoms with Gasteiger partial charge in [-0.25, -0.2) is 0 Å². The van der Waals surface area contributed by atoms with Crippen LogP contribution in [0.15, 0.2) is 30.5 Å². The van der Waals surface area contributed by atoms with Gasteiger partial charge in [-0.1, -0.05) is 18.2 Å². The predicted molar refractivity (Wildman–Crippen MR) is 72.7 cm³/mol. The molecule has 1 N–H and O–H groups in total. The second-order valence-corrected chi connectivity index (χ2v) is 4.85. The number of hydrogen-bond acceptors (Lipinski definition) is 3. The number of benzene rings is 1. The van der Waals surface area contributed by atoms with Crippen LogP contribution < -0.4 is 5.32 Å². The van der Waals surface area contributed by atoms with Crippen LogP contribution in [0.1, 0.15) is 23.6 Å². The van der Waals surface area contributed by atoms with E-state index in [1.807, 2.05) is 6.20 Å². The van der Waals surface area contributed by atoms with Crippen LogP contribution in [0.2, 0.25) is 0 Å². The van der Waals surface area contributed by atoms with E-state index < -0.39 is 0 Å². The smallest absolute Gasteiger partial charge is 0.0731 e. The van der Waals surface area contributed by atoms with Gasteiger partial charge in [0.1, 0.15) is 0 Å². The van der Waals surface area contributed by atoms with E-state index in [1.54, 1.807) is 0 Å². The maximum atomic E-state index is 5.61. The monoisotopic (exact) mass is 242 g/mol. The minimum absolute atomic E-state index is 0.268. The fourth-order valence-corrected chi connectivity index (χ4v) is 2.45. The van der Waals surface area contributed by atoms with E-state index in [-0.39, 0.29) is 6.04 Å². The SMILES string of the molecule is Cc1cccc2cc(C3COCCCN3)cnc12. The average molecular weight is 242 g/mol. The number of nitrogens with one attached hydrogen (secondary N) is 1. The summed E-state index contributed by atoms with van der Waals surface area (Å²) in [6.45, 7) is 4.70. The molecule has 0 spiro atoms. The van der Waals surface area contributed by atoms with Gasteiger partial charge in [-0.15, -0.1) is 0 Å². The molecule has 1 saturated heterocycles. The Labute approximate surface area is 107 Å². The number of aromatic nitrogens is 1. The molecule has 0 saturated carbocycles. The third kappa shape index (κ3) is 2.24. The summed E-state index contributed by atoms with van der Waals surface area (Å²) in [5, 5.41) is 4.72. The van der Waals surface area contributed by atoms with Crippen molar-refractivity contribution in [1.82, 2.24) is 10.3 Å². The maximum absolute atomic E-state index is 5.61. The molecule has 1 aromatic carbocycles. The van der Waals surface area contributed by atoms with E-state index >= 15 is 0 Å². The van der Waals surface area contributed by atoms with Crippen LogP contribution in [0.5, 0.6) is 0 Å². The minimum atomic E-state index is 0.268. The number of rotatable bonds is 1. The van der Waals surface area contributed by atoms with Crippen molar-refractivity contribution in [3.8, 4) is 0 Å². The van der Waals surface area contributed by atoms with Crippen LogP contribution in [0.25, 0.3) is 10.9 Å². The lowest BCUT2D eigenvalue weighted by atomic mass is 10.1. The molecule has 1 aliphatic rings. The molecule has 1 fully saturated rings. The quantitative estimate of drug-likeness (QED) is 0.834. The molecule has 0 amide bonds. The van der Waals surface area contributed by atoms with Crippen LogP contribution in [-0.2, 0) is 4.74 Å².